The van der Waals surface area contributed by atoms with Gasteiger partial charge in [0.1, 0.15) is 5.75 Å². The van der Waals surface area contributed by atoms with E-state index in [0.717, 1.165) is 57.1 Å². The van der Waals surface area contributed by atoms with Gasteiger partial charge in [-0.3, -0.25) is 4.99 Å². The van der Waals surface area contributed by atoms with Crippen LogP contribution >= 0.6 is 0 Å². The predicted molar refractivity (Wildman–Crippen MR) is 98.9 cm³/mol. The summed E-state index contributed by atoms with van der Waals surface area (Å²) in [6.45, 7) is 7.55. The average Bonchev–Trinajstić information content (AvgIpc) is 3.03. The fraction of sp³-hybridized carbons (Fsp3) is 0.632. The number of benzene rings is 1. The van der Waals surface area contributed by atoms with Crippen molar-refractivity contribution in [2.24, 2.45) is 4.99 Å². The van der Waals surface area contributed by atoms with E-state index < -0.39 is 0 Å². The molecule has 1 aliphatic heterocycles. The Kier molecular flexibility index (Phi) is 7.37. The summed E-state index contributed by atoms with van der Waals surface area (Å²) in [5, 5.41) is 6.72. The number of ether oxygens (including phenoxy) is 2. The van der Waals surface area contributed by atoms with Crippen LogP contribution in [0, 0.1) is 0 Å². The number of hydrogen-bond acceptors (Lipinski definition) is 3. The Morgan fingerprint density at radius 2 is 2.25 bits per heavy atom. The van der Waals surface area contributed by atoms with Gasteiger partial charge >= 0.3 is 0 Å². The summed E-state index contributed by atoms with van der Waals surface area (Å²) in [4.78, 5) is 4.69. The normalized spacial score (nSPS) is 20.9. The van der Waals surface area contributed by atoms with Crippen molar-refractivity contribution in [3.63, 3.8) is 0 Å². The largest absolute Gasteiger partial charge is 0.497 e. The minimum atomic E-state index is -0.0943. The number of guanidine groups is 1. The topological polar surface area (TPSA) is 54.9 Å². The van der Waals surface area contributed by atoms with E-state index in [1.54, 1.807) is 7.11 Å². The summed E-state index contributed by atoms with van der Waals surface area (Å²) in [6.07, 6.45) is 4.29. The minimum Gasteiger partial charge on any atom is -0.497 e. The molecule has 1 fully saturated rings. The molecule has 2 rings (SSSR count). The van der Waals surface area contributed by atoms with Gasteiger partial charge in [0, 0.05) is 19.7 Å². The quantitative estimate of drug-likeness (QED) is 0.436. The molecule has 1 aromatic rings. The Labute approximate surface area is 145 Å². The van der Waals surface area contributed by atoms with Crippen molar-refractivity contribution in [2.75, 3.05) is 33.4 Å². The van der Waals surface area contributed by atoms with Crippen molar-refractivity contribution in [2.45, 2.75) is 45.1 Å². The van der Waals surface area contributed by atoms with Crippen LogP contribution in [0.3, 0.4) is 0 Å². The lowest BCUT2D eigenvalue weighted by Gasteiger charge is -2.21. The van der Waals surface area contributed by atoms with Gasteiger partial charge in [-0.1, -0.05) is 12.1 Å². The Morgan fingerprint density at radius 3 is 2.96 bits per heavy atom. The fourth-order valence-electron chi connectivity index (χ4n) is 2.88. The number of aliphatic imine (C=N–C) groups is 1. The van der Waals surface area contributed by atoms with Crippen molar-refractivity contribution >= 4 is 5.96 Å². The molecule has 0 saturated carbocycles. The Hall–Kier alpha value is -1.75. The van der Waals surface area contributed by atoms with Crippen LogP contribution in [0.15, 0.2) is 29.3 Å². The molecule has 1 heterocycles. The molecule has 0 amide bonds. The second-order valence-electron chi connectivity index (χ2n) is 6.48. The zero-order chi connectivity index (χ0) is 17.3. The van der Waals surface area contributed by atoms with Crippen molar-refractivity contribution < 1.29 is 9.47 Å². The second kappa shape index (κ2) is 9.52. The van der Waals surface area contributed by atoms with Crippen molar-refractivity contribution in [3.8, 4) is 5.75 Å². The predicted octanol–water partition coefficient (Wildman–Crippen LogP) is 2.75. The van der Waals surface area contributed by atoms with Crippen LogP contribution in [0.2, 0.25) is 0 Å². The van der Waals surface area contributed by atoms with Crippen molar-refractivity contribution in [1.82, 2.24) is 10.6 Å². The van der Waals surface area contributed by atoms with Crippen LogP contribution in [0.4, 0.5) is 0 Å². The van der Waals surface area contributed by atoms with Crippen LogP contribution in [-0.4, -0.2) is 44.9 Å². The lowest BCUT2D eigenvalue weighted by Crippen LogP contribution is -2.39. The van der Waals surface area contributed by atoms with Gasteiger partial charge in [0.2, 0.25) is 0 Å². The highest BCUT2D eigenvalue weighted by Gasteiger charge is 2.29. The Morgan fingerprint density at radius 1 is 1.38 bits per heavy atom. The maximum Gasteiger partial charge on any atom is 0.191 e. The summed E-state index contributed by atoms with van der Waals surface area (Å²) in [5.41, 5.74) is 1.20. The molecule has 0 aliphatic carbocycles. The summed E-state index contributed by atoms with van der Waals surface area (Å²) in [6, 6.07) is 8.25. The maximum absolute atomic E-state index is 5.80. The van der Waals surface area contributed by atoms with Gasteiger partial charge < -0.3 is 20.1 Å². The molecule has 5 heteroatoms. The molecule has 24 heavy (non-hydrogen) atoms. The Bertz CT molecular complexity index is 525. The number of aryl methyl sites for hydroxylation is 1. The highest BCUT2D eigenvalue weighted by Crippen LogP contribution is 2.24. The standard InChI is InChI=1S/C19H31N3O2/c1-4-20-18(22-15-19(2)11-7-13-24-19)21-12-6-9-16-8-5-10-17(14-16)23-3/h5,8,10,14H,4,6-7,9,11-13,15H2,1-3H3,(H2,20,21,22). The molecule has 5 nitrogen and oxygen atoms in total. The van der Waals surface area contributed by atoms with E-state index in [4.69, 9.17) is 9.47 Å². The lowest BCUT2D eigenvalue weighted by atomic mass is 10.0. The first-order chi connectivity index (χ1) is 11.6. The van der Waals surface area contributed by atoms with Crippen molar-refractivity contribution in [3.05, 3.63) is 29.8 Å². The van der Waals surface area contributed by atoms with Crippen molar-refractivity contribution in [1.29, 1.82) is 0 Å². The number of methoxy groups -OCH3 is 1. The molecule has 1 atom stereocenters. The summed E-state index contributed by atoms with van der Waals surface area (Å²) >= 11 is 0. The first-order valence-corrected chi connectivity index (χ1v) is 8.94. The van der Waals surface area contributed by atoms with Crippen LogP contribution in [0.5, 0.6) is 5.75 Å². The third kappa shape index (κ3) is 6.04. The average molecular weight is 333 g/mol. The van der Waals surface area contributed by atoms with Gasteiger partial charge in [0.25, 0.3) is 0 Å². The molecule has 0 aromatic heterocycles. The molecule has 0 radical (unpaired) electrons. The molecule has 134 valence electrons. The highest BCUT2D eigenvalue weighted by atomic mass is 16.5. The third-order valence-corrected chi connectivity index (χ3v) is 4.29. The van der Waals surface area contributed by atoms with E-state index in [1.807, 2.05) is 12.1 Å². The molecular formula is C19H31N3O2. The van der Waals surface area contributed by atoms with Gasteiger partial charge in [-0.05, 0) is 57.2 Å². The number of nitrogens with one attached hydrogen (secondary N) is 2. The van der Waals surface area contributed by atoms with E-state index in [0.29, 0.717) is 6.54 Å². The first kappa shape index (κ1) is 18.6. The monoisotopic (exact) mass is 333 g/mol. The van der Waals surface area contributed by atoms with Gasteiger partial charge in [-0.2, -0.15) is 0 Å². The molecule has 0 spiro atoms. The lowest BCUT2D eigenvalue weighted by molar-refractivity contribution is 0.0283. The maximum atomic E-state index is 5.80. The second-order valence-corrected chi connectivity index (χ2v) is 6.48. The highest BCUT2D eigenvalue weighted by molar-refractivity contribution is 5.79. The molecule has 1 aromatic carbocycles. The van der Waals surface area contributed by atoms with Crippen LogP contribution in [0.1, 0.15) is 38.7 Å². The molecule has 1 unspecified atom stereocenters. The van der Waals surface area contributed by atoms with Gasteiger partial charge in [-0.25, -0.2) is 0 Å². The number of nitrogens with zero attached hydrogens (tertiary/aromatic N) is 1. The van der Waals surface area contributed by atoms with E-state index in [2.05, 4.69) is 41.6 Å². The minimum absolute atomic E-state index is 0.0943. The Balaban J connectivity index is 1.76. The molecule has 1 aliphatic rings. The smallest absolute Gasteiger partial charge is 0.191 e. The van der Waals surface area contributed by atoms with Crippen LogP contribution in [-0.2, 0) is 11.2 Å². The van der Waals surface area contributed by atoms with E-state index in [-0.39, 0.29) is 5.60 Å². The summed E-state index contributed by atoms with van der Waals surface area (Å²) < 4.78 is 11.1. The van der Waals surface area contributed by atoms with Crippen LogP contribution < -0.4 is 15.4 Å². The first-order valence-electron chi connectivity index (χ1n) is 8.94. The fourth-order valence-corrected chi connectivity index (χ4v) is 2.88. The van der Waals surface area contributed by atoms with Gasteiger partial charge in [0.15, 0.2) is 5.96 Å². The molecule has 1 saturated heterocycles. The van der Waals surface area contributed by atoms with E-state index >= 15 is 0 Å². The van der Waals surface area contributed by atoms with Gasteiger partial charge in [-0.15, -0.1) is 0 Å². The zero-order valence-electron chi connectivity index (χ0n) is 15.2. The zero-order valence-corrected chi connectivity index (χ0v) is 15.2. The third-order valence-electron chi connectivity index (χ3n) is 4.29. The number of rotatable bonds is 8. The van der Waals surface area contributed by atoms with E-state index in [1.165, 1.54) is 5.56 Å². The summed E-state index contributed by atoms with van der Waals surface area (Å²) in [7, 11) is 1.70. The molecular weight excluding hydrogens is 302 g/mol. The summed E-state index contributed by atoms with van der Waals surface area (Å²) in [5.74, 6) is 1.79. The van der Waals surface area contributed by atoms with Gasteiger partial charge in [0.05, 0.1) is 19.3 Å². The SMILES string of the molecule is CCNC(=NCC1(C)CCCO1)NCCCc1cccc(OC)c1. The van der Waals surface area contributed by atoms with E-state index in [9.17, 15) is 0 Å². The number of hydrogen-bond donors (Lipinski definition) is 2. The molecule has 0 bridgehead atoms. The van der Waals surface area contributed by atoms with Crippen LogP contribution in [0.25, 0.3) is 0 Å². The molecule has 2 N–H and O–H groups in total.